The highest BCUT2D eigenvalue weighted by molar-refractivity contribution is 5.36. The molecule has 112 valence electrons. The van der Waals surface area contributed by atoms with Crippen molar-refractivity contribution < 1.29 is 4.42 Å². The Morgan fingerprint density at radius 3 is 2.67 bits per heavy atom. The van der Waals surface area contributed by atoms with Gasteiger partial charge in [0.2, 0.25) is 0 Å². The van der Waals surface area contributed by atoms with Gasteiger partial charge in [-0.2, -0.15) is 0 Å². The Hall–Kier alpha value is -1.58. The molecule has 1 atom stereocenters. The van der Waals surface area contributed by atoms with Crippen molar-refractivity contribution in [2.24, 2.45) is 5.73 Å². The molecule has 21 heavy (non-hydrogen) atoms. The van der Waals surface area contributed by atoms with Crippen LogP contribution in [0.2, 0.25) is 0 Å². The SMILES string of the molecule is Cc1occc1CN(C)C(CN)c1ccccc1C1CC1. The van der Waals surface area contributed by atoms with Crippen LogP contribution in [0.1, 0.15) is 47.3 Å². The lowest BCUT2D eigenvalue weighted by Gasteiger charge is -2.29. The van der Waals surface area contributed by atoms with Gasteiger partial charge in [0, 0.05) is 24.7 Å². The molecule has 2 N–H and O–H groups in total. The molecule has 1 unspecified atom stereocenters. The van der Waals surface area contributed by atoms with Crippen molar-refractivity contribution in [3.8, 4) is 0 Å². The predicted octanol–water partition coefficient (Wildman–Crippen LogP) is 3.60. The topological polar surface area (TPSA) is 42.4 Å². The van der Waals surface area contributed by atoms with Gasteiger partial charge in [-0.25, -0.2) is 0 Å². The van der Waals surface area contributed by atoms with E-state index in [1.165, 1.54) is 29.5 Å². The fourth-order valence-electron chi connectivity index (χ4n) is 3.08. The zero-order valence-corrected chi connectivity index (χ0v) is 12.9. The second-order valence-corrected chi connectivity index (χ2v) is 6.07. The molecule has 1 aromatic carbocycles. The first-order valence-electron chi connectivity index (χ1n) is 7.72. The van der Waals surface area contributed by atoms with Gasteiger partial charge in [0.05, 0.1) is 6.26 Å². The highest BCUT2D eigenvalue weighted by Gasteiger charge is 2.29. The second kappa shape index (κ2) is 6.04. The highest BCUT2D eigenvalue weighted by atomic mass is 16.3. The molecular formula is C18H24N2O. The van der Waals surface area contributed by atoms with E-state index in [1.54, 1.807) is 6.26 Å². The Balaban J connectivity index is 1.82. The monoisotopic (exact) mass is 284 g/mol. The summed E-state index contributed by atoms with van der Waals surface area (Å²) in [4.78, 5) is 2.33. The molecule has 0 bridgehead atoms. The number of hydrogen-bond acceptors (Lipinski definition) is 3. The largest absolute Gasteiger partial charge is 0.469 e. The van der Waals surface area contributed by atoms with Crippen molar-refractivity contribution in [2.45, 2.75) is 38.3 Å². The predicted molar refractivity (Wildman–Crippen MR) is 85.1 cm³/mol. The van der Waals surface area contributed by atoms with Crippen molar-refractivity contribution in [3.63, 3.8) is 0 Å². The van der Waals surface area contributed by atoms with Crippen molar-refractivity contribution in [2.75, 3.05) is 13.6 Å². The molecule has 1 aromatic heterocycles. The molecule has 0 saturated heterocycles. The number of likely N-dealkylation sites (N-methyl/N-ethyl adjacent to an activating group) is 1. The summed E-state index contributed by atoms with van der Waals surface area (Å²) < 4.78 is 5.40. The summed E-state index contributed by atoms with van der Waals surface area (Å²) in [5, 5.41) is 0. The summed E-state index contributed by atoms with van der Waals surface area (Å²) in [6.07, 6.45) is 4.39. The Labute approximate surface area is 126 Å². The standard InChI is InChI=1S/C18H24N2O/c1-13-15(9-10-21-13)12-20(2)18(11-19)17-6-4-3-5-16(17)14-7-8-14/h3-6,9-10,14,18H,7-8,11-12,19H2,1-2H3. The summed E-state index contributed by atoms with van der Waals surface area (Å²) >= 11 is 0. The summed E-state index contributed by atoms with van der Waals surface area (Å²) in [6, 6.07) is 11.1. The van der Waals surface area contributed by atoms with Crippen LogP contribution in [0.25, 0.3) is 0 Å². The van der Waals surface area contributed by atoms with Crippen LogP contribution in [0, 0.1) is 6.92 Å². The molecule has 0 aliphatic heterocycles. The fourth-order valence-corrected chi connectivity index (χ4v) is 3.08. The van der Waals surface area contributed by atoms with Crippen molar-refractivity contribution in [1.29, 1.82) is 0 Å². The third-order valence-electron chi connectivity index (χ3n) is 4.51. The summed E-state index contributed by atoms with van der Waals surface area (Å²) in [7, 11) is 2.15. The molecule has 0 amide bonds. The minimum absolute atomic E-state index is 0.260. The number of furan rings is 1. The Morgan fingerprint density at radius 2 is 2.05 bits per heavy atom. The van der Waals surface area contributed by atoms with Crippen LogP contribution in [-0.4, -0.2) is 18.5 Å². The van der Waals surface area contributed by atoms with Crippen LogP contribution in [-0.2, 0) is 6.54 Å². The molecular weight excluding hydrogens is 260 g/mol. The number of benzene rings is 1. The molecule has 3 rings (SSSR count). The minimum Gasteiger partial charge on any atom is -0.469 e. The van der Waals surface area contributed by atoms with Gasteiger partial charge in [-0.3, -0.25) is 4.90 Å². The average Bonchev–Trinajstić information content (AvgIpc) is 3.25. The first-order valence-corrected chi connectivity index (χ1v) is 7.72. The van der Waals surface area contributed by atoms with E-state index < -0.39 is 0 Å². The van der Waals surface area contributed by atoms with Gasteiger partial charge in [-0.05, 0) is 49.9 Å². The van der Waals surface area contributed by atoms with E-state index in [0.29, 0.717) is 6.54 Å². The van der Waals surface area contributed by atoms with Gasteiger partial charge >= 0.3 is 0 Å². The van der Waals surface area contributed by atoms with Gasteiger partial charge in [0.25, 0.3) is 0 Å². The lowest BCUT2D eigenvalue weighted by molar-refractivity contribution is 0.239. The summed E-state index contributed by atoms with van der Waals surface area (Å²) in [5.41, 5.74) is 10.2. The van der Waals surface area contributed by atoms with E-state index in [9.17, 15) is 0 Å². The molecule has 1 fully saturated rings. The average molecular weight is 284 g/mol. The zero-order chi connectivity index (χ0) is 14.8. The number of hydrogen-bond donors (Lipinski definition) is 1. The number of aryl methyl sites for hydroxylation is 1. The van der Waals surface area contributed by atoms with Crippen molar-refractivity contribution in [1.82, 2.24) is 4.90 Å². The molecule has 0 spiro atoms. The van der Waals surface area contributed by atoms with Crippen LogP contribution >= 0.6 is 0 Å². The third kappa shape index (κ3) is 3.04. The molecule has 2 aromatic rings. The molecule has 0 radical (unpaired) electrons. The maximum Gasteiger partial charge on any atom is 0.105 e. The van der Waals surface area contributed by atoms with Crippen molar-refractivity contribution in [3.05, 3.63) is 59.0 Å². The highest BCUT2D eigenvalue weighted by Crippen LogP contribution is 2.43. The maximum atomic E-state index is 6.10. The molecule has 1 aliphatic rings. The van der Waals surface area contributed by atoms with E-state index in [1.807, 2.05) is 13.0 Å². The lowest BCUT2D eigenvalue weighted by Crippen LogP contribution is -2.31. The normalized spacial score (nSPS) is 16.4. The summed E-state index contributed by atoms with van der Waals surface area (Å²) in [6.45, 7) is 3.51. The third-order valence-corrected chi connectivity index (χ3v) is 4.51. The van der Waals surface area contributed by atoms with E-state index >= 15 is 0 Å². The minimum atomic E-state index is 0.260. The number of rotatable bonds is 6. The van der Waals surface area contributed by atoms with Gasteiger partial charge in [0.15, 0.2) is 0 Å². The first-order chi connectivity index (χ1) is 10.2. The molecule has 3 nitrogen and oxygen atoms in total. The molecule has 1 saturated carbocycles. The van der Waals surface area contributed by atoms with Crippen LogP contribution in [0.5, 0.6) is 0 Å². The molecule has 1 aliphatic carbocycles. The fraction of sp³-hybridized carbons (Fsp3) is 0.444. The molecule has 3 heteroatoms. The number of nitrogens with two attached hydrogens (primary N) is 1. The van der Waals surface area contributed by atoms with Gasteiger partial charge in [0.1, 0.15) is 5.76 Å². The maximum absolute atomic E-state index is 6.10. The smallest absolute Gasteiger partial charge is 0.105 e. The number of nitrogens with zero attached hydrogens (tertiary/aromatic N) is 1. The van der Waals surface area contributed by atoms with Crippen LogP contribution in [0.4, 0.5) is 0 Å². The van der Waals surface area contributed by atoms with Crippen LogP contribution in [0.15, 0.2) is 41.0 Å². The van der Waals surface area contributed by atoms with Gasteiger partial charge in [-0.1, -0.05) is 24.3 Å². The summed E-state index contributed by atoms with van der Waals surface area (Å²) in [5.74, 6) is 1.74. The van der Waals surface area contributed by atoms with E-state index in [2.05, 4.69) is 36.2 Å². The Kier molecular flexibility index (Phi) is 4.13. The van der Waals surface area contributed by atoms with Crippen LogP contribution < -0.4 is 5.73 Å². The van der Waals surface area contributed by atoms with E-state index in [0.717, 1.165) is 18.2 Å². The van der Waals surface area contributed by atoms with Crippen LogP contribution in [0.3, 0.4) is 0 Å². The van der Waals surface area contributed by atoms with Gasteiger partial charge in [-0.15, -0.1) is 0 Å². The lowest BCUT2D eigenvalue weighted by atomic mass is 9.96. The second-order valence-electron chi connectivity index (χ2n) is 6.07. The quantitative estimate of drug-likeness (QED) is 0.881. The van der Waals surface area contributed by atoms with Gasteiger partial charge < -0.3 is 10.2 Å². The Bertz CT molecular complexity index is 601. The molecule has 1 heterocycles. The van der Waals surface area contributed by atoms with E-state index in [4.69, 9.17) is 10.2 Å². The Morgan fingerprint density at radius 1 is 1.29 bits per heavy atom. The zero-order valence-electron chi connectivity index (χ0n) is 12.9. The van der Waals surface area contributed by atoms with E-state index in [-0.39, 0.29) is 6.04 Å². The first kappa shape index (κ1) is 14.4. The van der Waals surface area contributed by atoms with Crippen molar-refractivity contribution >= 4 is 0 Å².